The van der Waals surface area contributed by atoms with Gasteiger partial charge in [0.2, 0.25) is 0 Å². The van der Waals surface area contributed by atoms with Crippen LogP contribution in [0.2, 0.25) is 0 Å². The van der Waals surface area contributed by atoms with Crippen LogP contribution in [0.4, 0.5) is 4.39 Å². The Kier molecular flexibility index (Phi) is 5.70. The fourth-order valence-corrected chi connectivity index (χ4v) is 1.04. The number of amidine groups is 1. The lowest BCUT2D eigenvalue weighted by Crippen LogP contribution is -2.14. The average molecular weight is 233 g/mol. The van der Waals surface area contributed by atoms with Gasteiger partial charge in [0.05, 0.1) is 12.2 Å². The molecule has 0 bridgehead atoms. The van der Waals surface area contributed by atoms with Crippen LogP contribution in [0.3, 0.4) is 0 Å². The van der Waals surface area contributed by atoms with Crippen molar-refractivity contribution in [1.82, 2.24) is 0 Å². The highest BCUT2D eigenvalue weighted by molar-refractivity contribution is 5.95. The van der Waals surface area contributed by atoms with E-state index in [4.69, 9.17) is 15.9 Å². The SMILES string of the molecule is CCCOc1cccc(C(=N)N)c1F.Cl. The molecule has 0 unspecified atom stereocenters. The molecule has 0 radical (unpaired) electrons. The molecule has 1 aromatic rings. The lowest BCUT2D eigenvalue weighted by Gasteiger charge is -2.08. The molecule has 0 atom stereocenters. The topological polar surface area (TPSA) is 59.1 Å². The van der Waals surface area contributed by atoms with Crippen molar-refractivity contribution in [1.29, 1.82) is 5.41 Å². The van der Waals surface area contributed by atoms with Crippen LogP contribution in [-0.2, 0) is 0 Å². The number of benzene rings is 1. The highest BCUT2D eigenvalue weighted by atomic mass is 35.5. The third-order valence-electron chi connectivity index (χ3n) is 1.72. The Morgan fingerprint density at radius 2 is 2.20 bits per heavy atom. The number of rotatable bonds is 4. The Morgan fingerprint density at radius 3 is 2.73 bits per heavy atom. The Balaban J connectivity index is 0.00000196. The summed E-state index contributed by atoms with van der Waals surface area (Å²) in [5.41, 5.74) is 5.28. The molecule has 0 saturated heterocycles. The molecule has 1 rings (SSSR count). The molecule has 0 spiro atoms. The monoisotopic (exact) mass is 232 g/mol. The van der Waals surface area contributed by atoms with E-state index < -0.39 is 5.82 Å². The quantitative estimate of drug-likeness (QED) is 0.618. The first kappa shape index (κ1) is 13.7. The number of hydrogen-bond acceptors (Lipinski definition) is 2. The summed E-state index contributed by atoms with van der Waals surface area (Å²) in [7, 11) is 0. The number of nitrogens with two attached hydrogens (primary N) is 1. The van der Waals surface area contributed by atoms with Crippen LogP contribution in [0.15, 0.2) is 18.2 Å². The van der Waals surface area contributed by atoms with Gasteiger partial charge in [0.25, 0.3) is 0 Å². The maximum Gasteiger partial charge on any atom is 0.175 e. The van der Waals surface area contributed by atoms with Crippen molar-refractivity contribution in [3.63, 3.8) is 0 Å². The first-order chi connectivity index (χ1) is 6.66. The van der Waals surface area contributed by atoms with Gasteiger partial charge in [0.1, 0.15) is 5.84 Å². The molecule has 0 aliphatic carbocycles. The van der Waals surface area contributed by atoms with Gasteiger partial charge in [0, 0.05) is 0 Å². The molecule has 5 heteroatoms. The second-order valence-corrected chi connectivity index (χ2v) is 2.88. The highest BCUT2D eigenvalue weighted by Gasteiger charge is 2.10. The minimum atomic E-state index is -0.562. The molecular formula is C10H14ClFN2O. The van der Waals surface area contributed by atoms with Gasteiger partial charge >= 0.3 is 0 Å². The summed E-state index contributed by atoms with van der Waals surface area (Å²) >= 11 is 0. The Bertz CT molecular complexity index is 344. The molecule has 0 aliphatic rings. The molecule has 0 aromatic heterocycles. The van der Waals surface area contributed by atoms with E-state index in [0.29, 0.717) is 6.61 Å². The van der Waals surface area contributed by atoms with Crippen molar-refractivity contribution in [3.8, 4) is 5.75 Å². The zero-order valence-corrected chi connectivity index (χ0v) is 9.23. The summed E-state index contributed by atoms with van der Waals surface area (Å²) < 4.78 is 18.7. The third-order valence-corrected chi connectivity index (χ3v) is 1.72. The first-order valence-corrected chi connectivity index (χ1v) is 4.42. The maximum absolute atomic E-state index is 13.5. The fraction of sp³-hybridized carbons (Fsp3) is 0.300. The lowest BCUT2D eigenvalue weighted by molar-refractivity contribution is 0.301. The van der Waals surface area contributed by atoms with Crippen molar-refractivity contribution >= 4 is 18.2 Å². The van der Waals surface area contributed by atoms with Crippen LogP contribution in [0.1, 0.15) is 18.9 Å². The molecule has 84 valence electrons. The van der Waals surface area contributed by atoms with E-state index in [9.17, 15) is 4.39 Å². The van der Waals surface area contributed by atoms with Crippen LogP contribution >= 0.6 is 12.4 Å². The van der Waals surface area contributed by atoms with Crippen LogP contribution < -0.4 is 10.5 Å². The smallest absolute Gasteiger partial charge is 0.175 e. The number of hydrogen-bond donors (Lipinski definition) is 2. The zero-order valence-electron chi connectivity index (χ0n) is 8.42. The minimum Gasteiger partial charge on any atom is -0.491 e. The van der Waals surface area contributed by atoms with E-state index in [2.05, 4.69) is 0 Å². The van der Waals surface area contributed by atoms with Crippen molar-refractivity contribution in [3.05, 3.63) is 29.6 Å². The summed E-state index contributed by atoms with van der Waals surface area (Å²) in [6.45, 7) is 2.39. The van der Waals surface area contributed by atoms with E-state index in [1.165, 1.54) is 12.1 Å². The molecule has 3 nitrogen and oxygen atoms in total. The highest BCUT2D eigenvalue weighted by Crippen LogP contribution is 2.20. The first-order valence-electron chi connectivity index (χ1n) is 4.42. The van der Waals surface area contributed by atoms with Crippen molar-refractivity contribution in [2.45, 2.75) is 13.3 Å². The molecule has 0 saturated carbocycles. The van der Waals surface area contributed by atoms with Gasteiger partial charge in [-0.05, 0) is 18.6 Å². The standard InChI is InChI=1S/C10H13FN2O.ClH/c1-2-6-14-8-5-3-4-7(9(8)11)10(12)13;/h3-5H,2,6H2,1H3,(H3,12,13);1H. The summed E-state index contributed by atoms with van der Waals surface area (Å²) in [6.07, 6.45) is 0.809. The van der Waals surface area contributed by atoms with Crippen molar-refractivity contribution < 1.29 is 9.13 Å². The van der Waals surface area contributed by atoms with Crippen LogP contribution in [0.5, 0.6) is 5.75 Å². The largest absolute Gasteiger partial charge is 0.491 e. The van der Waals surface area contributed by atoms with Gasteiger partial charge in [0.15, 0.2) is 11.6 Å². The third kappa shape index (κ3) is 3.40. The predicted octanol–water partition coefficient (Wildman–Crippen LogP) is 2.32. The fourth-order valence-electron chi connectivity index (χ4n) is 1.04. The molecule has 0 amide bonds. The Morgan fingerprint density at radius 1 is 1.53 bits per heavy atom. The van der Waals surface area contributed by atoms with E-state index >= 15 is 0 Å². The number of nitrogen functional groups attached to an aromatic ring is 1. The Labute approximate surface area is 94.3 Å². The molecule has 0 heterocycles. The van der Waals surface area contributed by atoms with Crippen molar-refractivity contribution in [2.75, 3.05) is 6.61 Å². The summed E-state index contributed by atoms with van der Waals surface area (Å²) in [6, 6.07) is 4.60. The normalized spacial score (nSPS) is 9.20. The average Bonchev–Trinajstić information content (AvgIpc) is 2.16. The second kappa shape index (κ2) is 6.24. The number of nitrogens with one attached hydrogen (secondary N) is 1. The maximum atomic E-state index is 13.5. The summed E-state index contributed by atoms with van der Waals surface area (Å²) in [5.74, 6) is -0.697. The zero-order chi connectivity index (χ0) is 10.6. The van der Waals surface area contributed by atoms with Crippen molar-refractivity contribution in [2.24, 2.45) is 5.73 Å². The van der Waals surface area contributed by atoms with E-state index in [1.807, 2.05) is 6.92 Å². The Hall–Kier alpha value is -1.29. The second-order valence-electron chi connectivity index (χ2n) is 2.88. The molecule has 3 N–H and O–H groups in total. The van der Waals surface area contributed by atoms with Gasteiger partial charge in [-0.25, -0.2) is 4.39 Å². The molecule has 1 aromatic carbocycles. The van der Waals surface area contributed by atoms with Gasteiger partial charge in [-0.15, -0.1) is 12.4 Å². The van der Waals surface area contributed by atoms with Gasteiger partial charge in [-0.3, -0.25) is 5.41 Å². The molecule has 15 heavy (non-hydrogen) atoms. The minimum absolute atomic E-state index is 0. The molecule has 0 fully saturated rings. The van der Waals surface area contributed by atoms with E-state index in [1.54, 1.807) is 6.07 Å². The van der Waals surface area contributed by atoms with E-state index in [-0.39, 0.29) is 29.6 Å². The van der Waals surface area contributed by atoms with Crippen LogP contribution in [0.25, 0.3) is 0 Å². The molecular weight excluding hydrogens is 219 g/mol. The van der Waals surface area contributed by atoms with E-state index in [0.717, 1.165) is 6.42 Å². The van der Waals surface area contributed by atoms with Gasteiger partial charge in [-0.1, -0.05) is 13.0 Å². The van der Waals surface area contributed by atoms with Gasteiger partial charge < -0.3 is 10.5 Å². The lowest BCUT2D eigenvalue weighted by atomic mass is 10.2. The number of ether oxygens (including phenoxy) is 1. The van der Waals surface area contributed by atoms with Crippen LogP contribution in [-0.4, -0.2) is 12.4 Å². The van der Waals surface area contributed by atoms with Gasteiger partial charge in [-0.2, -0.15) is 0 Å². The van der Waals surface area contributed by atoms with Crippen LogP contribution in [0, 0.1) is 11.2 Å². The summed E-state index contributed by atoms with van der Waals surface area (Å²) in [5, 5.41) is 7.13. The number of halogens is 2. The molecule has 0 aliphatic heterocycles. The summed E-state index contributed by atoms with van der Waals surface area (Å²) in [4.78, 5) is 0. The predicted molar refractivity (Wildman–Crippen MR) is 60.5 cm³/mol.